The van der Waals surface area contributed by atoms with Gasteiger partial charge in [-0.2, -0.15) is 0 Å². The first-order valence-corrected chi connectivity index (χ1v) is 8.05. The molecule has 0 unspecified atom stereocenters. The highest BCUT2D eigenvalue weighted by Gasteiger charge is 2.13. The number of fused-ring (bicyclic) bond motifs is 1. The molecule has 0 aliphatic heterocycles. The third kappa shape index (κ3) is 3.41. The molecule has 1 aromatic carbocycles. The van der Waals surface area contributed by atoms with Crippen LogP contribution in [0, 0.1) is 11.6 Å². The summed E-state index contributed by atoms with van der Waals surface area (Å²) < 4.78 is 39.4. The molecule has 0 spiro atoms. The average Bonchev–Trinajstić information content (AvgIpc) is 3.08. The van der Waals surface area contributed by atoms with Crippen LogP contribution in [0.1, 0.15) is 5.69 Å². The number of methoxy groups -OCH3 is 1. The van der Waals surface area contributed by atoms with Crippen molar-refractivity contribution in [3.05, 3.63) is 72.4 Å². The highest BCUT2D eigenvalue weighted by Crippen LogP contribution is 2.31. The summed E-state index contributed by atoms with van der Waals surface area (Å²) in [5, 5.41) is 0. The largest absolute Gasteiger partial charge is 0.493 e. The zero-order valence-corrected chi connectivity index (χ0v) is 14.3. The average molecular weight is 368 g/mol. The topological polar surface area (TPSA) is 61.5 Å². The maximum absolute atomic E-state index is 13.9. The van der Waals surface area contributed by atoms with E-state index in [4.69, 9.17) is 9.47 Å². The van der Waals surface area contributed by atoms with E-state index in [1.165, 1.54) is 31.5 Å². The summed E-state index contributed by atoms with van der Waals surface area (Å²) in [6.45, 7) is 0.110. The first-order chi connectivity index (χ1) is 13.1. The van der Waals surface area contributed by atoms with E-state index in [2.05, 4.69) is 15.0 Å². The van der Waals surface area contributed by atoms with Crippen LogP contribution in [-0.4, -0.2) is 26.5 Å². The van der Waals surface area contributed by atoms with Crippen LogP contribution in [0.2, 0.25) is 0 Å². The van der Waals surface area contributed by atoms with Crippen molar-refractivity contribution in [2.24, 2.45) is 0 Å². The van der Waals surface area contributed by atoms with Crippen LogP contribution in [0.25, 0.3) is 16.9 Å². The number of ether oxygens (including phenoxy) is 2. The van der Waals surface area contributed by atoms with Gasteiger partial charge < -0.3 is 9.47 Å². The molecule has 0 saturated heterocycles. The molecule has 27 heavy (non-hydrogen) atoms. The molecular weight excluding hydrogens is 354 g/mol. The second kappa shape index (κ2) is 6.99. The van der Waals surface area contributed by atoms with Gasteiger partial charge in [-0.25, -0.2) is 23.7 Å². The van der Waals surface area contributed by atoms with E-state index >= 15 is 0 Å². The highest BCUT2D eigenvalue weighted by atomic mass is 19.1. The molecule has 0 aliphatic rings. The molecule has 0 atom stereocenters. The van der Waals surface area contributed by atoms with Gasteiger partial charge in [0.05, 0.1) is 12.8 Å². The molecule has 3 heterocycles. The fourth-order valence-electron chi connectivity index (χ4n) is 2.70. The molecule has 0 aliphatic carbocycles. The van der Waals surface area contributed by atoms with Crippen LogP contribution in [0.3, 0.4) is 0 Å². The number of rotatable bonds is 5. The van der Waals surface area contributed by atoms with E-state index in [0.717, 1.165) is 0 Å². The molecule has 4 rings (SSSR count). The van der Waals surface area contributed by atoms with Gasteiger partial charge >= 0.3 is 0 Å². The smallest absolute Gasteiger partial charge is 0.234 e. The fourth-order valence-corrected chi connectivity index (χ4v) is 2.70. The Kier molecular flexibility index (Phi) is 4.37. The number of nitrogens with zero attached hydrogens (tertiary/aromatic N) is 4. The number of halogens is 2. The zero-order chi connectivity index (χ0) is 18.8. The molecule has 0 bridgehead atoms. The molecule has 0 radical (unpaired) electrons. The molecule has 136 valence electrons. The van der Waals surface area contributed by atoms with E-state index in [1.54, 1.807) is 35.1 Å². The van der Waals surface area contributed by atoms with Crippen LogP contribution in [0.5, 0.6) is 11.6 Å². The van der Waals surface area contributed by atoms with Crippen LogP contribution < -0.4 is 9.47 Å². The predicted molar refractivity (Wildman–Crippen MR) is 93.5 cm³/mol. The van der Waals surface area contributed by atoms with Gasteiger partial charge in [0.1, 0.15) is 12.4 Å². The third-order valence-electron chi connectivity index (χ3n) is 3.91. The summed E-state index contributed by atoms with van der Waals surface area (Å²) in [6, 6.07) is 7.13. The Hall–Kier alpha value is -3.55. The summed E-state index contributed by atoms with van der Waals surface area (Å²) in [5.74, 6) is -0.0904. The number of para-hydroxylation sites is 1. The van der Waals surface area contributed by atoms with Gasteiger partial charge in [0.15, 0.2) is 11.6 Å². The second-order valence-electron chi connectivity index (χ2n) is 5.70. The van der Waals surface area contributed by atoms with Crippen molar-refractivity contribution in [3.63, 3.8) is 0 Å². The minimum atomic E-state index is -0.447. The second-order valence-corrected chi connectivity index (χ2v) is 5.70. The van der Waals surface area contributed by atoms with Crippen molar-refractivity contribution in [1.82, 2.24) is 19.4 Å². The Morgan fingerprint density at radius 2 is 2.00 bits per heavy atom. The summed E-state index contributed by atoms with van der Waals surface area (Å²) in [6.07, 6.45) is 6.43. The molecular formula is C19H14F2N4O2. The number of imidazole rings is 1. The van der Waals surface area contributed by atoms with Crippen molar-refractivity contribution >= 4 is 5.78 Å². The van der Waals surface area contributed by atoms with Gasteiger partial charge in [-0.1, -0.05) is 12.1 Å². The standard InChI is InChI=1S/C19H14F2N4O2/c1-26-18-15(3-2-4-16(18)21)12-8-23-19-24-14(10-25(19)9-12)11-27-17-7-13(20)5-6-22-17/h2-10H,11H2,1H3. The Morgan fingerprint density at radius 3 is 2.81 bits per heavy atom. The Morgan fingerprint density at radius 1 is 1.11 bits per heavy atom. The first kappa shape index (κ1) is 16.9. The van der Waals surface area contributed by atoms with Gasteiger partial charge in [-0.15, -0.1) is 0 Å². The lowest BCUT2D eigenvalue weighted by molar-refractivity contribution is 0.288. The van der Waals surface area contributed by atoms with Crippen molar-refractivity contribution in [3.8, 4) is 22.8 Å². The van der Waals surface area contributed by atoms with Gasteiger partial charge in [0.2, 0.25) is 11.7 Å². The lowest BCUT2D eigenvalue weighted by Gasteiger charge is -2.09. The minimum Gasteiger partial charge on any atom is -0.493 e. The number of hydrogen-bond donors (Lipinski definition) is 0. The van der Waals surface area contributed by atoms with Crippen molar-refractivity contribution in [2.75, 3.05) is 7.11 Å². The monoisotopic (exact) mass is 368 g/mol. The van der Waals surface area contributed by atoms with E-state index in [-0.39, 0.29) is 18.2 Å². The van der Waals surface area contributed by atoms with Crippen molar-refractivity contribution < 1.29 is 18.3 Å². The molecule has 0 amide bonds. The van der Waals surface area contributed by atoms with Crippen LogP contribution in [0.15, 0.2) is 55.1 Å². The molecule has 8 heteroatoms. The third-order valence-corrected chi connectivity index (χ3v) is 3.91. The Labute approximate surface area is 153 Å². The Bertz CT molecular complexity index is 1110. The molecule has 0 fully saturated rings. The van der Waals surface area contributed by atoms with Crippen LogP contribution in [-0.2, 0) is 6.61 Å². The molecule has 6 nitrogen and oxygen atoms in total. The first-order valence-electron chi connectivity index (χ1n) is 8.05. The van der Waals surface area contributed by atoms with Gasteiger partial charge in [0, 0.05) is 42.0 Å². The SMILES string of the molecule is COc1c(F)cccc1-c1cnc2nc(COc3cc(F)ccn3)cn2c1. The summed E-state index contributed by atoms with van der Waals surface area (Å²) >= 11 is 0. The molecule has 0 saturated carbocycles. The van der Waals surface area contributed by atoms with Crippen molar-refractivity contribution in [2.45, 2.75) is 6.61 Å². The lowest BCUT2D eigenvalue weighted by atomic mass is 10.1. The summed E-state index contributed by atoms with van der Waals surface area (Å²) in [7, 11) is 1.42. The number of pyridine rings is 1. The lowest BCUT2D eigenvalue weighted by Crippen LogP contribution is -1.97. The number of hydrogen-bond acceptors (Lipinski definition) is 5. The summed E-state index contributed by atoms with van der Waals surface area (Å²) in [5.41, 5.74) is 1.86. The zero-order valence-electron chi connectivity index (χ0n) is 14.3. The number of aromatic nitrogens is 4. The maximum atomic E-state index is 13.9. The van der Waals surface area contributed by atoms with Crippen molar-refractivity contribution in [1.29, 1.82) is 0 Å². The van der Waals surface area contributed by atoms with Gasteiger partial charge in [0.25, 0.3) is 0 Å². The minimum absolute atomic E-state index is 0.110. The van der Waals surface area contributed by atoms with Gasteiger partial charge in [-0.05, 0) is 12.1 Å². The fraction of sp³-hybridized carbons (Fsp3) is 0.105. The van der Waals surface area contributed by atoms with Crippen LogP contribution in [0.4, 0.5) is 8.78 Å². The Balaban J connectivity index is 1.61. The quantitative estimate of drug-likeness (QED) is 0.538. The van der Waals surface area contributed by atoms with E-state index in [1.807, 2.05) is 0 Å². The molecule has 3 aromatic heterocycles. The number of benzene rings is 1. The molecule has 4 aromatic rings. The summed E-state index contributed by atoms with van der Waals surface area (Å²) in [4.78, 5) is 12.6. The van der Waals surface area contributed by atoms with E-state index in [9.17, 15) is 8.78 Å². The highest BCUT2D eigenvalue weighted by molar-refractivity contribution is 5.70. The normalized spacial score (nSPS) is 10.9. The predicted octanol–water partition coefficient (Wildman–Crippen LogP) is 3.66. The van der Waals surface area contributed by atoms with E-state index < -0.39 is 11.6 Å². The van der Waals surface area contributed by atoms with Crippen LogP contribution >= 0.6 is 0 Å². The molecule has 0 N–H and O–H groups in total. The van der Waals surface area contributed by atoms with Gasteiger partial charge in [-0.3, -0.25) is 4.40 Å². The van der Waals surface area contributed by atoms with E-state index in [0.29, 0.717) is 22.6 Å². The maximum Gasteiger partial charge on any atom is 0.234 e.